The zero-order chi connectivity index (χ0) is 12.4. The summed E-state index contributed by atoms with van der Waals surface area (Å²) in [7, 11) is 0. The van der Waals surface area contributed by atoms with Crippen molar-refractivity contribution in [3.8, 4) is 0 Å². The fourth-order valence-corrected chi connectivity index (χ4v) is 2.91. The number of likely N-dealkylation sites (tertiary alicyclic amines) is 1. The third kappa shape index (κ3) is 2.58. The highest BCUT2D eigenvalue weighted by atomic mass is 16.7. The van der Waals surface area contributed by atoms with Crippen LogP contribution in [0, 0.1) is 6.92 Å². The summed E-state index contributed by atoms with van der Waals surface area (Å²) >= 11 is 0. The molecule has 0 saturated carbocycles. The van der Waals surface area contributed by atoms with Crippen LogP contribution in [0.15, 0.2) is 24.3 Å². The number of benzene rings is 1. The Morgan fingerprint density at radius 2 is 1.89 bits per heavy atom. The van der Waals surface area contributed by atoms with Gasteiger partial charge in [-0.3, -0.25) is 4.90 Å². The Labute approximate surface area is 109 Å². The number of piperidine rings is 1. The first kappa shape index (κ1) is 12.2. The minimum atomic E-state index is -0.247. The lowest BCUT2D eigenvalue weighted by molar-refractivity contribution is -0.185. The fraction of sp³-hybridized carbons (Fsp3) is 0.600. The zero-order valence-electron chi connectivity index (χ0n) is 11.0. The van der Waals surface area contributed by atoms with Crippen LogP contribution >= 0.6 is 0 Å². The molecular formula is C15H21NO2. The van der Waals surface area contributed by atoms with Gasteiger partial charge in [-0.1, -0.05) is 29.8 Å². The molecule has 3 nitrogen and oxygen atoms in total. The lowest BCUT2D eigenvalue weighted by atomic mass is 10.0. The molecular weight excluding hydrogens is 226 g/mol. The van der Waals surface area contributed by atoms with Crippen molar-refractivity contribution in [1.82, 2.24) is 4.90 Å². The second kappa shape index (κ2) is 5.00. The van der Waals surface area contributed by atoms with E-state index in [1.807, 2.05) is 0 Å². The molecule has 0 amide bonds. The maximum absolute atomic E-state index is 5.75. The van der Waals surface area contributed by atoms with E-state index in [4.69, 9.17) is 9.47 Å². The van der Waals surface area contributed by atoms with Gasteiger partial charge in [0.2, 0.25) is 0 Å². The first-order valence-corrected chi connectivity index (χ1v) is 6.82. The summed E-state index contributed by atoms with van der Waals surface area (Å²) < 4.78 is 11.5. The van der Waals surface area contributed by atoms with Gasteiger partial charge in [-0.05, 0) is 12.5 Å². The van der Waals surface area contributed by atoms with E-state index in [0.717, 1.165) is 45.7 Å². The van der Waals surface area contributed by atoms with E-state index >= 15 is 0 Å². The number of aryl methyl sites for hydroxylation is 1. The highest BCUT2D eigenvalue weighted by Crippen LogP contribution is 2.31. The molecule has 0 radical (unpaired) electrons. The molecule has 3 rings (SSSR count). The summed E-state index contributed by atoms with van der Waals surface area (Å²) in [5.41, 5.74) is 2.74. The summed E-state index contributed by atoms with van der Waals surface area (Å²) in [6.45, 7) is 6.84. The normalized spacial score (nSPS) is 23.6. The quantitative estimate of drug-likeness (QED) is 0.800. The van der Waals surface area contributed by atoms with Gasteiger partial charge in [0, 0.05) is 32.5 Å². The topological polar surface area (TPSA) is 21.7 Å². The Balaban J connectivity index is 1.57. The molecule has 0 unspecified atom stereocenters. The molecule has 18 heavy (non-hydrogen) atoms. The first-order chi connectivity index (χ1) is 8.76. The third-order valence-electron chi connectivity index (χ3n) is 3.92. The van der Waals surface area contributed by atoms with Crippen LogP contribution in [-0.4, -0.2) is 37.0 Å². The van der Waals surface area contributed by atoms with E-state index in [0.29, 0.717) is 0 Å². The molecule has 0 N–H and O–H groups in total. The van der Waals surface area contributed by atoms with Gasteiger partial charge in [0.25, 0.3) is 0 Å². The van der Waals surface area contributed by atoms with Crippen LogP contribution in [-0.2, 0) is 16.0 Å². The molecule has 98 valence electrons. The van der Waals surface area contributed by atoms with E-state index < -0.39 is 0 Å². The summed E-state index contributed by atoms with van der Waals surface area (Å²) in [5.74, 6) is -0.247. The van der Waals surface area contributed by atoms with Crippen LogP contribution in [0.1, 0.15) is 24.0 Å². The lowest BCUT2D eigenvalue weighted by Gasteiger charge is -2.37. The summed E-state index contributed by atoms with van der Waals surface area (Å²) in [6.07, 6.45) is 2.00. The van der Waals surface area contributed by atoms with E-state index in [1.165, 1.54) is 11.1 Å². The number of hydrogen-bond acceptors (Lipinski definition) is 3. The number of hydrogen-bond donors (Lipinski definition) is 0. The summed E-state index contributed by atoms with van der Waals surface area (Å²) in [5, 5.41) is 0. The maximum atomic E-state index is 5.75. The van der Waals surface area contributed by atoms with E-state index in [9.17, 15) is 0 Å². The van der Waals surface area contributed by atoms with Crippen molar-refractivity contribution in [2.45, 2.75) is 32.1 Å². The van der Waals surface area contributed by atoms with Gasteiger partial charge in [-0.15, -0.1) is 0 Å². The van der Waals surface area contributed by atoms with Crippen molar-refractivity contribution in [3.05, 3.63) is 35.4 Å². The van der Waals surface area contributed by atoms with Crippen LogP contribution in [0.2, 0.25) is 0 Å². The Kier molecular flexibility index (Phi) is 3.37. The molecule has 2 aliphatic heterocycles. The van der Waals surface area contributed by atoms with E-state index in [-0.39, 0.29) is 5.79 Å². The molecule has 2 saturated heterocycles. The van der Waals surface area contributed by atoms with Crippen LogP contribution < -0.4 is 0 Å². The van der Waals surface area contributed by atoms with Gasteiger partial charge in [0.1, 0.15) is 0 Å². The second-order valence-electron chi connectivity index (χ2n) is 5.37. The monoisotopic (exact) mass is 247 g/mol. The molecule has 1 aromatic rings. The van der Waals surface area contributed by atoms with Crippen molar-refractivity contribution < 1.29 is 9.47 Å². The third-order valence-corrected chi connectivity index (χ3v) is 3.92. The molecule has 0 aliphatic carbocycles. The van der Waals surface area contributed by atoms with Gasteiger partial charge >= 0.3 is 0 Å². The van der Waals surface area contributed by atoms with Crippen LogP contribution in [0.25, 0.3) is 0 Å². The highest BCUT2D eigenvalue weighted by Gasteiger charge is 2.39. The molecule has 1 spiro atoms. The molecule has 3 heteroatoms. The van der Waals surface area contributed by atoms with Crippen LogP contribution in [0.3, 0.4) is 0 Å². The van der Waals surface area contributed by atoms with Gasteiger partial charge in [0.05, 0.1) is 13.2 Å². The number of rotatable bonds is 2. The molecule has 2 heterocycles. The molecule has 2 aliphatic rings. The van der Waals surface area contributed by atoms with E-state index in [2.05, 4.69) is 36.1 Å². The first-order valence-electron chi connectivity index (χ1n) is 6.82. The standard InChI is InChI=1S/C15H21NO2/c1-13-3-2-4-14(11-13)12-16-7-5-15(6-8-16)17-9-10-18-15/h2-4,11H,5-10,12H2,1H3. The second-order valence-corrected chi connectivity index (χ2v) is 5.37. The van der Waals surface area contributed by atoms with Gasteiger partial charge in [0.15, 0.2) is 5.79 Å². The summed E-state index contributed by atoms with van der Waals surface area (Å²) in [6, 6.07) is 8.76. The largest absolute Gasteiger partial charge is 0.347 e. The van der Waals surface area contributed by atoms with Crippen molar-refractivity contribution in [2.24, 2.45) is 0 Å². The summed E-state index contributed by atoms with van der Waals surface area (Å²) in [4.78, 5) is 2.49. The Bertz CT molecular complexity index is 403. The Morgan fingerprint density at radius 1 is 1.17 bits per heavy atom. The minimum Gasteiger partial charge on any atom is -0.347 e. The molecule has 1 aromatic carbocycles. The van der Waals surface area contributed by atoms with Crippen molar-refractivity contribution in [3.63, 3.8) is 0 Å². The Morgan fingerprint density at radius 3 is 2.56 bits per heavy atom. The molecule has 0 atom stereocenters. The van der Waals surface area contributed by atoms with Crippen molar-refractivity contribution in [1.29, 1.82) is 0 Å². The SMILES string of the molecule is Cc1cccc(CN2CCC3(CC2)OCCO3)c1. The van der Waals surface area contributed by atoms with Crippen LogP contribution in [0.5, 0.6) is 0 Å². The minimum absolute atomic E-state index is 0.247. The Hall–Kier alpha value is -0.900. The predicted molar refractivity (Wildman–Crippen MR) is 70.3 cm³/mol. The van der Waals surface area contributed by atoms with Gasteiger partial charge in [-0.25, -0.2) is 0 Å². The molecule has 2 fully saturated rings. The maximum Gasteiger partial charge on any atom is 0.170 e. The average Bonchev–Trinajstić information content (AvgIpc) is 2.81. The van der Waals surface area contributed by atoms with Crippen molar-refractivity contribution >= 4 is 0 Å². The molecule has 0 aromatic heterocycles. The zero-order valence-corrected chi connectivity index (χ0v) is 11.0. The number of nitrogens with zero attached hydrogens (tertiary/aromatic N) is 1. The van der Waals surface area contributed by atoms with Crippen molar-refractivity contribution in [2.75, 3.05) is 26.3 Å². The predicted octanol–water partition coefficient (Wildman–Crippen LogP) is 2.33. The van der Waals surface area contributed by atoms with Gasteiger partial charge in [-0.2, -0.15) is 0 Å². The molecule has 0 bridgehead atoms. The van der Waals surface area contributed by atoms with Gasteiger partial charge < -0.3 is 9.47 Å². The number of ether oxygens (including phenoxy) is 2. The fourth-order valence-electron chi connectivity index (χ4n) is 2.91. The smallest absolute Gasteiger partial charge is 0.170 e. The van der Waals surface area contributed by atoms with Crippen LogP contribution in [0.4, 0.5) is 0 Å². The lowest BCUT2D eigenvalue weighted by Crippen LogP contribution is -2.44. The average molecular weight is 247 g/mol. The van der Waals surface area contributed by atoms with E-state index in [1.54, 1.807) is 0 Å². The highest BCUT2D eigenvalue weighted by molar-refractivity contribution is 5.22.